The summed E-state index contributed by atoms with van der Waals surface area (Å²) in [5.41, 5.74) is 1.06. The smallest absolute Gasteiger partial charge is 0.121 e. The van der Waals surface area contributed by atoms with Gasteiger partial charge < -0.3 is 9.69 Å². The standard InChI is InChI=1S/C12H14N2O/c13-8-4-9-14(10-5-11-15)12-6-2-1-3-7-12/h1-3,6-7,11H,4-5,9-10H2. The number of rotatable bonds is 6. The number of hydrogen-bond donors (Lipinski definition) is 0. The Morgan fingerprint density at radius 2 is 2.00 bits per heavy atom. The number of carbonyl (C=O) groups is 1. The molecule has 0 amide bonds. The maximum Gasteiger partial charge on any atom is 0.121 e. The summed E-state index contributed by atoms with van der Waals surface area (Å²) in [6.07, 6.45) is 1.89. The molecule has 3 heteroatoms. The molecule has 78 valence electrons. The van der Waals surface area contributed by atoms with E-state index in [2.05, 4.69) is 11.0 Å². The molecule has 0 saturated heterocycles. The fourth-order valence-corrected chi connectivity index (χ4v) is 1.40. The van der Waals surface area contributed by atoms with Crippen LogP contribution in [0.25, 0.3) is 0 Å². The first-order chi connectivity index (χ1) is 7.38. The van der Waals surface area contributed by atoms with Gasteiger partial charge in [0.2, 0.25) is 0 Å². The Morgan fingerprint density at radius 1 is 1.27 bits per heavy atom. The highest BCUT2D eigenvalue weighted by Crippen LogP contribution is 2.13. The van der Waals surface area contributed by atoms with E-state index in [4.69, 9.17) is 5.26 Å². The Hall–Kier alpha value is -1.82. The Labute approximate surface area is 89.9 Å². The first-order valence-corrected chi connectivity index (χ1v) is 4.99. The van der Waals surface area contributed by atoms with E-state index < -0.39 is 0 Å². The van der Waals surface area contributed by atoms with Crippen molar-refractivity contribution >= 4 is 12.0 Å². The highest BCUT2D eigenvalue weighted by Gasteiger charge is 2.04. The normalized spacial score (nSPS) is 9.27. The van der Waals surface area contributed by atoms with E-state index in [0.29, 0.717) is 25.9 Å². The quantitative estimate of drug-likeness (QED) is 0.663. The molecule has 0 aliphatic heterocycles. The maximum absolute atomic E-state index is 10.3. The van der Waals surface area contributed by atoms with Crippen LogP contribution in [0.1, 0.15) is 12.8 Å². The number of benzene rings is 1. The molecular weight excluding hydrogens is 188 g/mol. The molecule has 3 nitrogen and oxygen atoms in total. The van der Waals surface area contributed by atoms with Crippen LogP contribution >= 0.6 is 0 Å². The average Bonchev–Trinajstić information content (AvgIpc) is 2.30. The predicted molar refractivity (Wildman–Crippen MR) is 59.6 cm³/mol. The summed E-state index contributed by atoms with van der Waals surface area (Å²) < 4.78 is 0. The van der Waals surface area contributed by atoms with E-state index in [1.165, 1.54) is 0 Å². The summed E-state index contributed by atoms with van der Waals surface area (Å²) in [6.45, 7) is 1.35. The van der Waals surface area contributed by atoms with Crippen molar-refractivity contribution in [3.63, 3.8) is 0 Å². The van der Waals surface area contributed by atoms with Crippen LogP contribution in [-0.4, -0.2) is 19.4 Å². The highest BCUT2D eigenvalue weighted by molar-refractivity contribution is 5.52. The number of hydrogen-bond acceptors (Lipinski definition) is 3. The van der Waals surface area contributed by atoms with Gasteiger partial charge in [-0.15, -0.1) is 0 Å². The van der Waals surface area contributed by atoms with Gasteiger partial charge in [-0.05, 0) is 12.1 Å². The van der Waals surface area contributed by atoms with Gasteiger partial charge in [-0.1, -0.05) is 18.2 Å². The SMILES string of the molecule is N#CCCN(CCC=O)c1ccccc1. The first kappa shape index (κ1) is 11.3. The minimum atomic E-state index is 0.480. The highest BCUT2D eigenvalue weighted by atomic mass is 16.1. The minimum absolute atomic E-state index is 0.480. The lowest BCUT2D eigenvalue weighted by molar-refractivity contribution is -0.107. The van der Waals surface area contributed by atoms with Crippen molar-refractivity contribution in [3.05, 3.63) is 30.3 Å². The molecule has 0 radical (unpaired) electrons. The van der Waals surface area contributed by atoms with Crippen LogP contribution in [0, 0.1) is 11.3 Å². The van der Waals surface area contributed by atoms with E-state index in [0.717, 1.165) is 12.0 Å². The van der Waals surface area contributed by atoms with Gasteiger partial charge >= 0.3 is 0 Å². The van der Waals surface area contributed by atoms with E-state index in [-0.39, 0.29) is 0 Å². The lowest BCUT2D eigenvalue weighted by Gasteiger charge is -2.22. The fraction of sp³-hybridized carbons (Fsp3) is 0.333. The molecule has 0 saturated carbocycles. The molecule has 0 aromatic heterocycles. The van der Waals surface area contributed by atoms with E-state index in [1.54, 1.807) is 0 Å². The topological polar surface area (TPSA) is 44.1 Å². The third kappa shape index (κ3) is 3.82. The zero-order valence-electron chi connectivity index (χ0n) is 8.60. The summed E-state index contributed by atoms with van der Waals surface area (Å²) in [5, 5.41) is 8.54. The van der Waals surface area contributed by atoms with Gasteiger partial charge in [0.25, 0.3) is 0 Å². The van der Waals surface area contributed by atoms with Gasteiger partial charge in [0.1, 0.15) is 6.29 Å². The van der Waals surface area contributed by atoms with Crippen LogP contribution in [0.15, 0.2) is 30.3 Å². The lowest BCUT2D eigenvalue weighted by atomic mass is 10.2. The molecule has 0 unspecified atom stereocenters. The molecule has 0 heterocycles. The van der Waals surface area contributed by atoms with E-state index in [1.807, 2.05) is 30.3 Å². The summed E-state index contributed by atoms with van der Waals surface area (Å²) in [5.74, 6) is 0. The Kier molecular flexibility index (Phi) is 4.96. The molecule has 1 aromatic carbocycles. The van der Waals surface area contributed by atoms with E-state index >= 15 is 0 Å². The second-order valence-electron chi connectivity index (χ2n) is 3.19. The Balaban J connectivity index is 2.63. The molecule has 0 spiro atoms. The van der Waals surface area contributed by atoms with Crippen LogP contribution in [0.2, 0.25) is 0 Å². The first-order valence-electron chi connectivity index (χ1n) is 4.99. The molecule has 0 N–H and O–H groups in total. The largest absolute Gasteiger partial charge is 0.370 e. The number of carbonyl (C=O) groups excluding carboxylic acids is 1. The average molecular weight is 202 g/mol. The summed E-state index contributed by atoms with van der Waals surface area (Å²) in [4.78, 5) is 12.4. The van der Waals surface area contributed by atoms with Crippen molar-refractivity contribution in [1.82, 2.24) is 0 Å². The van der Waals surface area contributed by atoms with Crippen LogP contribution in [0.5, 0.6) is 0 Å². The van der Waals surface area contributed by atoms with Gasteiger partial charge in [0.05, 0.1) is 12.5 Å². The number of nitriles is 1. The minimum Gasteiger partial charge on any atom is -0.370 e. The molecule has 0 atom stereocenters. The Morgan fingerprint density at radius 3 is 2.60 bits per heavy atom. The van der Waals surface area contributed by atoms with Gasteiger partial charge in [-0.2, -0.15) is 5.26 Å². The molecule has 0 bridgehead atoms. The van der Waals surface area contributed by atoms with Crippen molar-refractivity contribution in [2.45, 2.75) is 12.8 Å². The van der Waals surface area contributed by atoms with Crippen LogP contribution < -0.4 is 4.90 Å². The molecular formula is C12H14N2O. The predicted octanol–water partition coefficient (Wildman–Crippen LogP) is 2.00. The number of anilines is 1. The number of nitrogens with zero attached hydrogens (tertiary/aromatic N) is 2. The second kappa shape index (κ2) is 6.61. The molecule has 15 heavy (non-hydrogen) atoms. The molecule has 0 fully saturated rings. The van der Waals surface area contributed by atoms with Gasteiger partial charge in [0.15, 0.2) is 0 Å². The molecule has 0 aliphatic rings. The van der Waals surface area contributed by atoms with Crippen molar-refractivity contribution < 1.29 is 4.79 Å². The third-order valence-corrected chi connectivity index (χ3v) is 2.13. The van der Waals surface area contributed by atoms with Crippen LogP contribution in [0.3, 0.4) is 0 Å². The second-order valence-corrected chi connectivity index (χ2v) is 3.19. The number of para-hydroxylation sites is 1. The molecule has 1 rings (SSSR count). The monoisotopic (exact) mass is 202 g/mol. The maximum atomic E-state index is 10.3. The van der Waals surface area contributed by atoms with Crippen molar-refractivity contribution in [3.8, 4) is 6.07 Å². The van der Waals surface area contributed by atoms with Crippen molar-refractivity contribution in [1.29, 1.82) is 5.26 Å². The van der Waals surface area contributed by atoms with E-state index in [9.17, 15) is 4.79 Å². The molecule has 0 aliphatic carbocycles. The van der Waals surface area contributed by atoms with Crippen molar-refractivity contribution in [2.75, 3.05) is 18.0 Å². The fourth-order valence-electron chi connectivity index (χ4n) is 1.40. The van der Waals surface area contributed by atoms with Crippen LogP contribution in [0.4, 0.5) is 5.69 Å². The third-order valence-electron chi connectivity index (χ3n) is 2.13. The van der Waals surface area contributed by atoms with Crippen molar-refractivity contribution in [2.24, 2.45) is 0 Å². The summed E-state index contributed by atoms with van der Waals surface area (Å²) >= 11 is 0. The zero-order chi connectivity index (χ0) is 10.9. The van der Waals surface area contributed by atoms with Crippen LogP contribution in [-0.2, 0) is 4.79 Å². The zero-order valence-corrected chi connectivity index (χ0v) is 8.60. The van der Waals surface area contributed by atoms with Gasteiger partial charge in [0, 0.05) is 25.2 Å². The summed E-state index contributed by atoms with van der Waals surface area (Å²) in [6, 6.07) is 11.9. The summed E-state index contributed by atoms with van der Waals surface area (Å²) in [7, 11) is 0. The Bertz CT molecular complexity index is 329. The lowest BCUT2D eigenvalue weighted by Crippen LogP contribution is -2.25. The van der Waals surface area contributed by atoms with Gasteiger partial charge in [-0.25, -0.2) is 0 Å². The molecule has 1 aromatic rings. The number of aldehydes is 1. The van der Waals surface area contributed by atoms with Gasteiger partial charge in [-0.3, -0.25) is 0 Å².